The minimum absolute atomic E-state index is 0.472. The Bertz CT molecular complexity index is 368. The van der Waals surface area contributed by atoms with E-state index < -0.39 is 5.60 Å². The fraction of sp³-hybridized carbons (Fsp3) is 0.500. The zero-order valence-corrected chi connectivity index (χ0v) is 10.7. The third-order valence-corrected chi connectivity index (χ3v) is 3.33. The van der Waals surface area contributed by atoms with Gasteiger partial charge in [0, 0.05) is 24.1 Å². The van der Waals surface area contributed by atoms with Crippen LogP contribution in [-0.4, -0.2) is 28.7 Å². The van der Waals surface area contributed by atoms with E-state index in [-0.39, 0.29) is 0 Å². The summed E-state index contributed by atoms with van der Waals surface area (Å²) in [5, 5.41) is 9.63. The molecule has 1 saturated heterocycles. The van der Waals surface area contributed by atoms with Crippen molar-refractivity contribution in [3.63, 3.8) is 0 Å². The SMILES string of the molecule is Cc1ccc(Br)cc1CN1CC(C)(O)C1. The van der Waals surface area contributed by atoms with E-state index in [0.29, 0.717) is 0 Å². The van der Waals surface area contributed by atoms with Gasteiger partial charge < -0.3 is 5.11 Å². The van der Waals surface area contributed by atoms with Crippen molar-refractivity contribution in [2.75, 3.05) is 13.1 Å². The number of hydrogen-bond donors (Lipinski definition) is 1. The topological polar surface area (TPSA) is 23.5 Å². The zero-order chi connectivity index (χ0) is 11.1. The smallest absolute Gasteiger partial charge is 0.0872 e. The number of halogens is 1. The molecule has 1 aromatic rings. The molecule has 0 radical (unpaired) electrons. The number of likely N-dealkylation sites (tertiary alicyclic amines) is 1. The minimum Gasteiger partial charge on any atom is -0.388 e. The van der Waals surface area contributed by atoms with Gasteiger partial charge in [0.25, 0.3) is 0 Å². The van der Waals surface area contributed by atoms with Gasteiger partial charge in [0.05, 0.1) is 5.60 Å². The summed E-state index contributed by atoms with van der Waals surface area (Å²) in [4.78, 5) is 2.26. The van der Waals surface area contributed by atoms with E-state index in [1.54, 1.807) is 0 Å². The van der Waals surface area contributed by atoms with Crippen molar-refractivity contribution < 1.29 is 5.11 Å². The molecule has 0 aliphatic carbocycles. The molecule has 1 N–H and O–H groups in total. The molecule has 2 rings (SSSR count). The molecule has 0 unspecified atom stereocenters. The Kier molecular flexibility index (Phi) is 2.88. The lowest BCUT2D eigenvalue weighted by Gasteiger charge is -2.44. The summed E-state index contributed by atoms with van der Waals surface area (Å²) in [6.45, 7) is 6.50. The number of aliphatic hydroxyl groups is 1. The lowest BCUT2D eigenvalue weighted by Crippen LogP contribution is -2.59. The third kappa shape index (κ3) is 2.60. The molecule has 1 aliphatic heterocycles. The van der Waals surface area contributed by atoms with Crippen LogP contribution in [0.3, 0.4) is 0 Å². The van der Waals surface area contributed by atoms with Gasteiger partial charge in [-0.05, 0) is 37.1 Å². The number of hydrogen-bond acceptors (Lipinski definition) is 2. The first kappa shape index (κ1) is 11.1. The average Bonchev–Trinajstić information content (AvgIpc) is 2.08. The molecule has 1 fully saturated rings. The molecule has 1 aromatic carbocycles. The maximum absolute atomic E-state index is 9.63. The Labute approximate surface area is 99.0 Å². The van der Waals surface area contributed by atoms with Gasteiger partial charge in [-0.3, -0.25) is 4.90 Å². The molecule has 1 aliphatic rings. The lowest BCUT2D eigenvalue weighted by atomic mass is 9.95. The zero-order valence-electron chi connectivity index (χ0n) is 9.13. The van der Waals surface area contributed by atoms with E-state index in [9.17, 15) is 5.11 Å². The lowest BCUT2D eigenvalue weighted by molar-refractivity contribution is -0.0872. The van der Waals surface area contributed by atoms with Crippen LogP contribution in [0.15, 0.2) is 22.7 Å². The van der Waals surface area contributed by atoms with E-state index in [1.165, 1.54) is 11.1 Å². The molecule has 0 spiro atoms. The molecule has 0 atom stereocenters. The van der Waals surface area contributed by atoms with Gasteiger partial charge in [-0.2, -0.15) is 0 Å². The van der Waals surface area contributed by atoms with E-state index in [0.717, 1.165) is 24.1 Å². The summed E-state index contributed by atoms with van der Waals surface area (Å²) in [5.41, 5.74) is 2.17. The monoisotopic (exact) mass is 269 g/mol. The Hall–Kier alpha value is -0.380. The summed E-state index contributed by atoms with van der Waals surface area (Å²) in [7, 11) is 0. The number of aryl methyl sites for hydroxylation is 1. The average molecular weight is 270 g/mol. The highest BCUT2D eigenvalue weighted by Gasteiger charge is 2.36. The highest BCUT2D eigenvalue weighted by molar-refractivity contribution is 9.10. The molecule has 0 bridgehead atoms. The van der Waals surface area contributed by atoms with Crippen LogP contribution in [0.1, 0.15) is 18.1 Å². The highest BCUT2D eigenvalue weighted by Crippen LogP contribution is 2.24. The number of nitrogens with zero attached hydrogens (tertiary/aromatic N) is 1. The summed E-state index contributed by atoms with van der Waals surface area (Å²) in [6, 6.07) is 6.34. The van der Waals surface area contributed by atoms with Gasteiger partial charge in [0.1, 0.15) is 0 Å². The van der Waals surface area contributed by atoms with E-state index in [4.69, 9.17) is 0 Å². The minimum atomic E-state index is -0.472. The van der Waals surface area contributed by atoms with Crippen LogP contribution >= 0.6 is 15.9 Å². The number of β-amino-alcohol motifs (C(OH)–C–C–N with tert-alkyl or cyclic N) is 1. The molecular weight excluding hydrogens is 254 g/mol. The molecule has 3 heteroatoms. The molecule has 15 heavy (non-hydrogen) atoms. The Morgan fingerprint density at radius 2 is 2.13 bits per heavy atom. The second kappa shape index (κ2) is 3.89. The largest absolute Gasteiger partial charge is 0.388 e. The maximum atomic E-state index is 9.63. The molecular formula is C12H16BrNO. The van der Waals surface area contributed by atoms with E-state index in [1.807, 2.05) is 6.92 Å². The fourth-order valence-corrected chi connectivity index (χ4v) is 2.49. The summed E-state index contributed by atoms with van der Waals surface area (Å²) in [6.07, 6.45) is 0. The van der Waals surface area contributed by atoms with Gasteiger partial charge in [-0.1, -0.05) is 22.0 Å². The highest BCUT2D eigenvalue weighted by atomic mass is 79.9. The number of rotatable bonds is 2. The summed E-state index contributed by atoms with van der Waals surface area (Å²) < 4.78 is 1.12. The fourth-order valence-electron chi connectivity index (χ4n) is 2.08. The van der Waals surface area contributed by atoms with Gasteiger partial charge in [-0.15, -0.1) is 0 Å². The van der Waals surface area contributed by atoms with Gasteiger partial charge in [-0.25, -0.2) is 0 Å². The summed E-state index contributed by atoms with van der Waals surface area (Å²) in [5.74, 6) is 0. The Balaban J connectivity index is 2.03. The van der Waals surface area contributed by atoms with Crippen molar-refractivity contribution >= 4 is 15.9 Å². The Morgan fingerprint density at radius 3 is 2.73 bits per heavy atom. The van der Waals surface area contributed by atoms with Crippen molar-refractivity contribution in [2.24, 2.45) is 0 Å². The van der Waals surface area contributed by atoms with Crippen LogP contribution in [0.2, 0.25) is 0 Å². The van der Waals surface area contributed by atoms with Crippen LogP contribution in [0.5, 0.6) is 0 Å². The Morgan fingerprint density at radius 1 is 1.47 bits per heavy atom. The maximum Gasteiger partial charge on any atom is 0.0872 e. The van der Waals surface area contributed by atoms with Crippen molar-refractivity contribution in [3.05, 3.63) is 33.8 Å². The van der Waals surface area contributed by atoms with Gasteiger partial charge >= 0.3 is 0 Å². The van der Waals surface area contributed by atoms with Crippen LogP contribution in [0.4, 0.5) is 0 Å². The summed E-state index contributed by atoms with van der Waals surface area (Å²) >= 11 is 3.48. The normalized spacial score (nSPS) is 20.0. The van der Waals surface area contributed by atoms with Crippen LogP contribution < -0.4 is 0 Å². The molecule has 1 heterocycles. The van der Waals surface area contributed by atoms with Crippen LogP contribution in [-0.2, 0) is 6.54 Å². The van der Waals surface area contributed by atoms with Crippen LogP contribution in [0.25, 0.3) is 0 Å². The molecule has 0 aromatic heterocycles. The first-order valence-corrected chi connectivity index (χ1v) is 5.95. The van der Waals surface area contributed by atoms with Gasteiger partial charge in [0.2, 0.25) is 0 Å². The predicted octanol–water partition coefficient (Wildman–Crippen LogP) is 2.32. The molecule has 0 amide bonds. The predicted molar refractivity (Wildman–Crippen MR) is 64.8 cm³/mol. The van der Waals surface area contributed by atoms with Crippen molar-refractivity contribution in [3.8, 4) is 0 Å². The van der Waals surface area contributed by atoms with Gasteiger partial charge in [0.15, 0.2) is 0 Å². The third-order valence-electron chi connectivity index (χ3n) is 2.83. The quantitative estimate of drug-likeness (QED) is 0.891. The molecule has 2 nitrogen and oxygen atoms in total. The first-order valence-electron chi connectivity index (χ1n) is 5.16. The first-order chi connectivity index (χ1) is 6.96. The second-order valence-electron chi connectivity index (χ2n) is 4.71. The standard InChI is InChI=1S/C12H16BrNO/c1-9-3-4-11(13)5-10(9)6-14-7-12(2,15)8-14/h3-5,15H,6-8H2,1-2H3. The van der Waals surface area contributed by atoms with E-state index >= 15 is 0 Å². The van der Waals surface area contributed by atoms with E-state index in [2.05, 4.69) is 46.0 Å². The number of benzene rings is 1. The van der Waals surface area contributed by atoms with Crippen molar-refractivity contribution in [2.45, 2.75) is 26.0 Å². The molecule has 0 saturated carbocycles. The molecule has 82 valence electrons. The van der Waals surface area contributed by atoms with Crippen LogP contribution in [0, 0.1) is 6.92 Å². The van der Waals surface area contributed by atoms with Crippen molar-refractivity contribution in [1.82, 2.24) is 4.90 Å². The van der Waals surface area contributed by atoms with Crippen molar-refractivity contribution in [1.29, 1.82) is 0 Å². The second-order valence-corrected chi connectivity index (χ2v) is 5.63.